The Morgan fingerprint density at radius 3 is 2.06 bits per heavy atom. The predicted molar refractivity (Wildman–Crippen MR) is 72.1 cm³/mol. The first-order valence-electron chi connectivity index (χ1n) is 6.00. The predicted octanol–water partition coefficient (Wildman–Crippen LogP) is 3.92. The largest absolute Gasteiger partial charge is 0.324 e. The summed E-state index contributed by atoms with van der Waals surface area (Å²) in [5.74, 6) is 0.714. The summed E-state index contributed by atoms with van der Waals surface area (Å²) in [4.78, 5) is 0. The van der Waals surface area contributed by atoms with Crippen LogP contribution in [0.1, 0.15) is 48.4 Å². The van der Waals surface area contributed by atoms with Gasteiger partial charge in [0, 0.05) is 6.04 Å². The molecule has 0 heterocycles. The van der Waals surface area contributed by atoms with Crippen LogP contribution in [0.15, 0.2) is 18.2 Å². The van der Waals surface area contributed by atoms with Crippen LogP contribution in [-0.4, -0.2) is 0 Å². The van der Waals surface area contributed by atoms with Crippen molar-refractivity contribution in [1.29, 1.82) is 0 Å². The number of aryl methyl sites for hydroxylation is 2. The van der Waals surface area contributed by atoms with Crippen molar-refractivity contribution in [3.05, 3.63) is 34.9 Å². The van der Waals surface area contributed by atoms with Gasteiger partial charge in [-0.15, -0.1) is 12.4 Å². The van der Waals surface area contributed by atoms with Crippen molar-refractivity contribution in [2.45, 2.75) is 45.6 Å². The molecule has 0 aliphatic heterocycles. The van der Waals surface area contributed by atoms with E-state index in [9.17, 15) is 0 Å². The zero-order valence-corrected chi connectivity index (χ0v) is 11.0. The van der Waals surface area contributed by atoms with Crippen molar-refractivity contribution in [1.82, 2.24) is 0 Å². The van der Waals surface area contributed by atoms with Crippen molar-refractivity contribution in [3.8, 4) is 0 Å². The highest BCUT2D eigenvalue weighted by Gasteiger charge is 2.23. The molecule has 2 heteroatoms. The summed E-state index contributed by atoms with van der Waals surface area (Å²) in [7, 11) is 0. The minimum Gasteiger partial charge on any atom is -0.324 e. The normalized spacial score (nSPS) is 18.2. The highest BCUT2D eigenvalue weighted by molar-refractivity contribution is 5.85. The summed E-state index contributed by atoms with van der Waals surface area (Å²) in [6.07, 6.45) is 5.36. The van der Waals surface area contributed by atoms with Crippen LogP contribution in [-0.2, 0) is 0 Å². The molecule has 16 heavy (non-hydrogen) atoms. The molecule has 1 atom stereocenters. The van der Waals surface area contributed by atoms with Gasteiger partial charge in [-0.2, -0.15) is 0 Å². The number of halogens is 1. The SMILES string of the molecule is Cc1cc(C)cc([C@@H](N)C2CCCC2)c1.Cl. The molecular weight excluding hydrogens is 218 g/mol. The minimum absolute atomic E-state index is 0. The summed E-state index contributed by atoms with van der Waals surface area (Å²) in [6, 6.07) is 6.96. The van der Waals surface area contributed by atoms with Gasteiger partial charge in [0.15, 0.2) is 0 Å². The molecule has 1 aromatic rings. The van der Waals surface area contributed by atoms with Crippen LogP contribution in [0.25, 0.3) is 0 Å². The first-order valence-corrected chi connectivity index (χ1v) is 6.00. The Kier molecular flexibility index (Phi) is 4.82. The molecular formula is C14H22ClN. The topological polar surface area (TPSA) is 26.0 Å². The highest BCUT2D eigenvalue weighted by atomic mass is 35.5. The Hall–Kier alpha value is -0.530. The number of benzene rings is 1. The van der Waals surface area contributed by atoms with Gasteiger partial charge in [0.2, 0.25) is 0 Å². The standard InChI is InChI=1S/C14H21N.ClH/c1-10-7-11(2)9-13(8-10)14(15)12-5-3-4-6-12;/h7-9,12,14H,3-6,15H2,1-2H3;1H/t14-;/m0./s1. The van der Waals surface area contributed by atoms with Crippen LogP contribution in [0.3, 0.4) is 0 Å². The molecule has 0 radical (unpaired) electrons. The quantitative estimate of drug-likeness (QED) is 0.832. The van der Waals surface area contributed by atoms with Crippen LogP contribution < -0.4 is 5.73 Å². The molecule has 1 aromatic carbocycles. The van der Waals surface area contributed by atoms with E-state index in [1.54, 1.807) is 0 Å². The van der Waals surface area contributed by atoms with E-state index in [4.69, 9.17) is 5.73 Å². The Labute approximate surface area is 105 Å². The molecule has 1 nitrogen and oxygen atoms in total. The van der Waals surface area contributed by atoms with Crippen LogP contribution in [0.5, 0.6) is 0 Å². The lowest BCUT2D eigenvalue weighted by Crippen LogP contribution is -2.19. The minimum atomic E-state index is 0. The monoisotopic (exact) mass is 239 g/mol. The van der Waals surface area contributed by atoms with Gasteiger partial charge < -0.3 is 5.73 Å². The smallest absolute Gasteiger partial charge is 0.0323 e. The Morgan fingerprint density at radius 1 is 1.06 bits per heavy atom. The van der Waals surface area contributed by atoms with Crippen molar-refractivity contribution in [2.75, 3.05) is 0 Å². The molecule has 0 unspecified atom stereocenters. The zero-order valence-electron chi connectivity index (χ0n) is 10.2. The Bertz CT molecular complexity index is 322. The third-order valence-corrected chi connectivity index (χ3v) is 3.54. The van der Waals surface area contributed by atoms with E-state index in [0.29, 0.717) is 5.92 Å². The summed E-state index contributed by atoms with van der Waals surface area (Å²) in [6.45, 7) is 4.30. The lowest BCUT2D eigenvalue weighted by atomic mass is 9.91. The Morgan fingerprint density at radius 2 is 1.56 bits per heavy atom. The first kappa shape index (κ1) is 13.5. The maximum Gasteiger partial charge on any atom is 0.0323 e. The van der Waals surface area contributed by atoms with Crippen molar-refractivity contribution in [3.63, 3.8) is 0 Å². The van der Waals surface area contributed by atoms with E-state index in [1.165, 1.54) is 42.4 Å². The summed E-state index contributed by atoms with van der Waals surface area (Å²) < 4.78 is 0. The Balaban J connectivity index is 0.00000128. The van der Waals surface area contributed by atoms with Crippen LogP contribution in [0, 0.1) is 19.8 Å². The molecule has 2 rings (SSSR count). The van der Waals surface area contributed by atoms with Gasteiger partial charge in [0.1, 0.15) is 0 Å². The van der Waals surface area contributed by atoms with Gasteiger partial charge in [-0.3, -0.25) is 0 Å². The summed E-state index contributed by atoms with van der Waals surface area (Å²) in [5, 5.41) is 0. The fraction of sp³-hybridized carbons (Fsp3) is 0.571. The third kappa shape index (κ3) is 2.99. The molecule has 0 saturated heterocycles. The van der Waals surface area contributed by atoms with Gasteiger partial charge in [0.25, 0.3) is 0 Å². The number of nitrogens with two attached hydrogens (primary N) is 1. The molecule has 0 aromatic heterocycles. The third-order valence-electron chi connectivity index (χ3n) is 3.54. The van der Waals surface area contributed by atoms with E-state index >= 15 is 0 Å². The van der Waals surface area contributed by atoms with E-state index in [-0.39, 0.29) is 18.4 Å². The average molecular weight is 240 g/mol. The summed E-state index contributed by atoms with van der Waals surface area (Å²) in [5.41, 5.74) is 10.3. The second-order valence-corrected chi connectivity index (χ2v) is 4.99. The number of hydrogen-bond acceptors (Lipinski definition) is 1. The average Bonchev–Trinajstić information content (AvgIpc) is 2.67. The van der Waals surface area contributed by atoms with Crippen LogP contribution in [0.4, 0.5) is 0 Å². The van der Waals surface area contributed by atoms with Crippen LogP contribution in [0.2, 0.25) is 0 Å². The first-order chi connectivity index (χ1) is 7.16. The van der Waals surface area contributed by atoms with Gasteiger partial charge in [-0.1, -0.05) is 42.2 Å². The second-order valence-electron chi connectivity index (χ2n) is 4.99. The van der Waals surface area contributed by atoms with E-state index in [1.807, 2.05) is 0 Å². The van der Waals surface area contributed by atoms with Crippen LogP contribution >= 0.6 is 12.4 Å². The lowest BCUT2D eigenvalue weighted by Gasteiger charge is -2.20. The zero-order chi connectivity index (χ0) is 10.8. The van der Waals surface area contributed by atoms with E-state index in [2.05, 4.69) is 32.0 Å². The molecule has 2 N–H and O–H groups in total. The maximum atomic E-state index is 6.34. The molecule has 0 spiro atoms. The van der Waals surface area contributed by atoms with Crippen molar-refractivity contribution in [2.24, 2.45) is 11.7 Å². The highest BCUT2D eigenvalue weighted by Crippen LogP contribution is 2.34. The second kappa shape index (κ2) is 5.70. The van der Waals surface area contributed by atoms with Gasteiger partial charge >= 0.3 is 0 Å². The number of rotatable bonds is 2. The van der Waals surface area contributed by atoms with Gasteiger partial charge in [0.05, 0.1) is 0 Å². The molecule has 1 fully saturated rings. The molecule has 0 bridgehead atoms. The lowest BCUT2D eigenvalue weighted by molar-refractivity contribution is 0.444. The van der Waals surface area contributed by atoms with Gasteiger partial charge in [-0.05, 0) is 38.2 Å². The summed E-state index contributed by atoms with van der Waals surface area (Å²) >= 11 is 0. The fourth-order valence-electron chi connectivity index (χ4n) is 2.79. The molecule has 0 amide bonds. The molecule has 1 saturated carbocycles. The van der Waals surface area contributed by atoms with E-state index < -0.39 is 0 Å². The fourth-order valence-corrected chi connectivity index (χ4v) is 2.79. The van der Waals surface area contributed by atoms with E-state index in [0.717, 1.165) is 0 Å². The molecule has 90 valence electrons. The number of hydrogen-bond donors (Lipinski definition) is 1. The van der Waals surface area contributed by atoms with Crippen molar-refractivity contribution >= 4 is 12.4 Å². The van der Waals surface area contributed by atoms with Crippen molar-refractivity contribution < 1.29 is 0 Å². The van der Waals surface area contributed by atoms with Gasteiger partial charge in [-0.25, -0.2) is 0 Å². The maximum absolute atomic E-state index is 6.34. The molecule has 1 aliphatic carbocycles. The molecule has 1 aliphatic rings.